The van der Waals surface area contributed by atoms with Crippen LogP contribution in [0, 0.1) is 0 Å². The average Bonchev–Trinajstić information content (AvgIpc) is 3.35. The van der Waals surface area contributed by atoms with Gasteiger partial charge in [0, 0.05) is 30.1 Å². The molecular weight excluding hydrogens is 407 g/mol. The van der Waals surface area contributed by atoms with Crippen molar-refractivity contribution < 1.29 is 22.8 Å². The number of hydrogen-bond acceptors (Lipinski definition) is 6. The summed E-state index contributed by atoms with van der Waals surface area (Å²) in [5.41, 5.74) is -0.149. The number of nitrogens with zero attached hydrogens (tertiary/aromatic N) is 5. The molecule has 0 bridgehead atoms. The minimum atomic E-state index is -4.58. The third-order valence-electron chi connectivity index (χ3n) is 4.96. The van der Waals surface area contributed by atoms with E-state index in [0.717, 1.165) is 12.4 Å². The molecule has 0 radical (unpaired) electrons. The highest BCUT2D eigenvalue weighted by Crippen LogP contribution is 2.34. The first-order chi connectivity index (χ1) is 13.7. The van der Waals surface area contributed by atoms with Gasteiger partial charge in [-0.05, 0) is 31.9 Å². The zero-order valence-corrected chi connectivity index (χ0v) is 16.1. The van der Waals surface area contributed by atoms with Gasteiger partial charge in [-0.25, -0.2) is 4.98 Å². The maximum Gasteiger partial charge on any atom is 0.433 e. The van der Waals surface area contributed by atoms with Crippen LogP contribution in [0.4, 0.5) is 13.2 Å². The summed E-state index contributed by atoms with van der Waals surface area (Å²) in [5, 5.41) is 5.26. The molecule has 152 valence electrons. The highest BCUT2D eigenvalue weighted by Gasteiger charge is 2.36. The van der Waals surface area contributed by atoms with Gasteiger partial charge in [0.05, 0.1) is 10.4 Å². The molecule has 1 saturated heterocycles. The van der Waals surface area contributed by atoms with Crippen molar-refractivity contribution in [3.63, 3.8) is 0 Å². The van der Waals surface area contributed by atoms with E-state index in [1.807, 2.05) is 0 Å². The van der Waals surface area contributed by atoms with E-state index in [1.54, 1.807) is 16.3 Å². The Labute approximate surface area is 167 Å². The Morgan fingerprint density at radius 2 is 1.93 bits per heavy atom. The lowest BCUT2D eigenvalue weighted by Gasteiger charge is -2.31. The van der Waals surface area contributed by atoms with Crippen molar-refractivity contribution in [1.29, 1.82) is 0 Å². The summed E-state index contributed by atoms with van der Waals surface area (Å²) in [6, 6.07) is 2.60. The van der Waals surface area contributed by atoms with E-state index in [-0.39, 0.29) is 23.4 Å². The normalized spacial score (nSPS) is 15.8. The molecule has 0 spiro atoms. The fourth-order valence-electron chi connectivity index (χ4n) is 3.44. The molecule has 0 unspecified atom stereocenters. The van der Waals surface area contributed by atoms with E-state index in [2.05, 4.69) is 15.1 Å². The minimum absolute atomic E-state index is 0.0941. The topological polar surface area (TPSA) is 80.5 Å². The molecule has 1 aliphatic rings. The number of hydrogen-bond donors (Lipinski definition) is 0. The van der Waals surface area contributed by atoms with Crippen molar-refractivity contribution in [1.82, 2.24) is 24.5 Å². The third-order valence-corrected chi connectivity index (χ3v) is 5.99. The summed E-state index contributed by atoms with van der Waals surface area (Å²) in [6.07, 6.45) is -2.56. The van der Waals surface area contributed by atoms with Gasteiger partial charge >= 0.3 is 6.18 Å². The van der Waals surface area contributed by atoms with E-state index in [0.29, 0.717) is 46.6 Å². The second kappa shape index (κ2) is 7.21. The molecule has 1 aliphatic heterocycles. The first kappa shape index (κ1) is 19.5. The van der Waals surface area contributed by atoms with E-state index >= 15 is 0 Å². The predicted octanol–water partition coefficient (Wildman–Crippen LogP) is 3.43. The van der Waals surface area contributed by atoms with Crippen molar-refractivity contribution in [2.24, 2.45) is 0 Å². The van der Waals surface area contributed by atoms with Crippen molar-refractivity contribution in [2.75, 3.05) is 13.1 Å². The molecule has 0 aromatic carbocycles. The van der Waals surface area contributed by atoms with Crippen molar-refractivity contribution in [2.45, 2.75) is 31.9 Å². The number of carbonyl (C=O) groups excluding carboxylic acids is 2. The number of thiophene rings is 1. The molecule has 1 amide bonds. The summed E-state index contributed by atoms with van der Waals surface area (Å²) in [7, 11) is 0. The molecule has 3 aromatic rings. The van der Waals surface area contributed by atoms with Crippen LogP contribution in [0.1, 0.15) is 57.1 Å². The fourth-order valence-corrected chi connectivity index (χ4v) is 4.22. The molecule has 7 nitrogen and oxygen atoms in total. The number of Topliss-reactive ketones (excluding diaryl/α,β-unsaturated/α-hetero) is 1. The van der Waals surface area contributed by atoms with Crippen LogP contribution in [0.5, 0.6) is 0 Å². The van der Waals surface area contributed by atoms with Crippen molar-refractivity contribution >= 4 is 28.8 Å². The van der Waals surface area contributed by atoms with Gasteiger partial charge in [-0.3, -0.25) is 9.59 Å². The van der Waals surface area contributed by atoms with Gasteiger partial charge in [0.15, 0.2) is 11.5 Å². The lowest BCUT2D eigenvalue weighted by atomic mass is 9.92. The molecule has 0 saturated carbocycles. The number of likely N-dealkylation sites (tertiary alicyclic amines) is 1. The number of aromatic nitrogens is 4. The van der Waals surface area contributed by atoms with Crippen LogP contribution in [0.2, 0.25) is 0 Å². The maximum absolute atomic E-state index is 13.4. The smallest absolute Gasteiger partial charge is 0.339 e. The number of halogens is 3. The third kappa shape index (κ3) is 3.74. The zero-order chi connectivity index (χ0) is 20.8. The van der Waals surface area contributed by atoms with Crippen LogP contribution in [0.3, 0.4) is 0 Å². The monoisotopic (exact) mass is 423 g/mol. The van der Waals surface area contributed by atoms with E-state index in [4.69, 9.17) is 0 Å². The molecule has 4 rings (SSSR count). The summed E-state index contributed by atoms with van der Waals surface area (Å²) in [4.78, 5) is 34.3. The maximum atomic E-state index is 13.4. The van der Waals surface area contributed by atoms with Gasteiger partial charge in [0.25, 0.3) is 11.7 Å². The molecule has 0 atom stereocenters. The van der Waals surface area contributed by atoms with Gasteiger partial charge in [-0.2, -0.15) is 27.8 Å². The highest BCUT2D eigenvalue weighted by atomic mass is 32.1. The molecule has 29 heavy (non-hydrogen) atoms. The van der Waals surface area contributed by atoms with E-state index in [1.165, 1.54) is 18.3 Å². The lowest BCUT2D eigenvalue weighted by Crippen LogP contribution is -2.38. The SMILES string of the molecule is CC(=O)c1cc(C(=O)N2CCC(c3cc(C(F)(F)F)n4ncnc4n3)CC2)cs1. The number of fused-ring (bicyclic) bond motifs is 1. The van der Waals surface area contributed by atoms with Crippen LogP contribution in [0.15, 0.2) is 23.8 Å². The van der Waals surface area contributed by atoms with E-state index in [9.17, 15) is 22.8 Å². The average molecular weight is 423 g/mol. The van der Waals surface area contributed by atoms with Crippen LogP contribution < -0.4 is 0 Å². The Bertz CT molecular complexity index is 1080. The molecule has 11 heteroatoms. The van der Waals surface area contributed by atoms with E-state index < -0.39 is 11.9 Å². The number of amides is 1. The van der Waals surface area contributed by atoms with Gasteiger partial charge in [0.2, 0.25) is 0 Å². The second-order valence-electron chi connectivity index (χ2n) is 6.86. The Kier molecular flexibility index (Phi) is 4.85. The minimum Gasteiger partial charge on any atom is -0.339 e. The summed E-state index contributed by atoms with van der Waals surface area (Å²) >= 11 is 1.22. The number of alkyl halides is 3. The van der Waals surface area contributed by atoms with Gasteiger partial charge in [-0.1, -0.05) is 0 Å². The Morgan fingerprint density at radius 1 is 1.21 bits per heavy atom. The van der Waals surface area contributed by atoms with Crippen molar-refractivity contribution in [3.05, 3.63) is 45.7 Å². The molecular formula is C18H16F3N5O2S. The molecule has 1 fully saturated rings. The predicted molar refractivity (Wildman–Crippen MR) is 98.0 cm³/mol. The molecule has 4 heterocycles. The Morgan fingerprint density at radius 3 is 2.55 bits per heavy atom. The zero-order valence-electron chi connectivity index (χ0n) is 15.3. The van der Waals surface area contributed by atoms with Crippen LogP contribution in [-0.4, -0.2) is 49.3 Å². The number of carbonyl (C=O) groups is 2. The van der Waals surface area contributed by atoms with Crippen LogP contribution in [-0.2, 0) is 6.18 Å². The molecule has 3 aromatic heterocycles. The number of rotatable bonds is 3. The summed E-state index contributed by atoms with van der Waals surface area (Å²) in [6.45, 7) is 2.24. The second-order valence-corrected chi connectivity index (χ2v) is 7.77. The van der Waals surface area contributed by atoms with Gasteiger partial charge in [-0.15, -0.1) is 11.3 Å². The number of ketones is 1. The highest BCUT2D eigenvalue weighted by molar-refractivity contribution is 7.12. The Balaban J connectivity index is 1.51. The van der Waals surface area contributed by atoms with Crippen molar-refractivity contribution in [3.8, 4) is 0 Å². The number of piperidine rings is 1. The summed E-state index contributed by atoms with van der Waals surface area (Å²) in [5.74, 6) is -0.576. The first-order valence-electron chi connectivity index (χ1n) is 8.90. The largest absolute Gasteiger partial charge is 0.433 e. The molecule has 0 N–H and O–H groups in total. The summed E-state index contributed by atoms with van der Waals surface area (Å²) < 4.78 is 40.8. The van der Waals surface area contributed by atoms with Gasteiger partial charge in [0.1, 0.15) is 6.33 Å². The fraction of sp³-hybridized carbons (Fsp3) is 0.389. The van der Waals surface area contributed by atoms with Gasteiger partial charge < -0.3 is 4.90 Å². The standard InChI is InChI=1S/C18H16F3N5O2S/c1-10(27)14-6-12(8-29-14)16(28)25-4-2-11(3-5-25)13-7-15(18(19,20)21)26-17(24-13)22-9-23-26/h6-9,11H,2-5H2,1H3. The lowest BCUT2D eigenvalue weighted by molar-refractivity contribution is -0.142. The van der Waals surface area contributed by atoms with Crippen LogP contribution >= 0.6 is 11.3 Å². The Hall–Kier alpha value is -2.82. The molecule has 0 aliphatic carbocycles. The quantitative estimate of drug-likeness (QED) is 0.603. The van der Waals surface area contributed by atoms with Crippen LogP contribution in [0.25, 0.3) is 5.78 Å². The first-order valence-corrected chi connectivity index (χ1v) is 9.78.